The number of ether oxygens (including phenoxy) is 1. The van der Waals surface area contributed by atoms with Crippen molar-refractivity contribution in [1.29, 1.82) is 0 Å². The molecule has 0 spiro atoms. The molecule has 1 aliphatic rings. The van der Waals surface area contributed by atoms with Crippen LogP contribution in [0.5, 0.6) is 0 Å². The third-order valence-corrected chi connectivity index (χ3v) is 5.15. The summed E-state index contributed by atoms with van der Waals surface area (Å²) in [5.74, 6) is 1.54. The lowest BCUT2D eigenvalue weighted by molar-refractivity contribution is 0.0924. The van der Waals surface area contributed by atoms with Gasteiger partial charge in [-0.05, 0) is 26.0 Å². The molecule has 0 aromatic carbocycles. The van der Waals surface area contributed by atoms with Gasteiger partial charge in [-0.1, -0.05) is 5.16 Å². The SMILES string of the molecule is Cc1noc(C)c1Cc1ccc(C(=O)NCCc2nn(C)c3c2COCC3)o1. The number of rotatable bonds is 6. The van der Waals surface area contributed by atoms with E-state index in [9.17, 15) is 4.79 Å². The second-order valence-electron chi connectivity index (χ2n) is 7.05. The third kappa shape index (κ3) is 3.60. The molecule has 0 unspecified atom stereocenters. The van der Waals surface area contributed by atoms with Gasteiger partial charge in [0, 0.05) is 49.7 Å². The number of nitrogens with one attached hydrogen (secondary N) is 1. The summed E-state index contributed by atoms with van der Waals surface area (Å²) in [6.07, 6.45) is 2.09. The fourth-order valence-corrected chi connectivity index (χ4v) is 3.59. The van der Waals surface area contributed by atoms with Gasteiger partial charge < -0.3 is 19.0 Å². The molecule has 3 aromatic heterocycles. The van der Waals surface area contributed by atoms with Crippen molar-refractivity contribution in [2.45, 2.75) is 39.7 Å². The van der Waals surface area contributed by atoms with Gasteiger partial charge in [-0.15, -0.1) is 0 Å². The topological polar surface area (TPSA) is 95.3 Å². The van der Waals surface area contributed by atoms with Crippen molar-refractivity contribution < 1.29 is 18.5 Å². The average Bonchev–Trinajstić information content (AvgIpc) is 3.37. The van der Waals surface area contributed by atoms with Crippen molar-refractivity contribution in [2.24, 2.45) is 7.05 Å². The molecular formula is C20H24N4O4. The predicted octanol–water partition coefficient (Wildman–Crippen LogP) is 2.25. The lowest BCUT2D eigenvalue weighted by atomic mass is 10.1. The molecule has 8 heteroatoms. The number of nitrogens with zero attached hydrogens (tertiary/aromatic N) is 3. The maximum atomic E-state index is 12.4. The Hall–Kier alpha value is -2.87. The van der Waals surface area contributed by atoms with Crippen LogP contribution in [0.4, 0.5) is 0 Å². The first-order valence-corrected chi connectivity index (χ1v) is 9.43. The highest BCUT2D eigenvalue weighted by Gasteiger charge is 2.20. The predicted molar refractivity (Wildman–Crippen MR) is 100 cm³/mol. The fourth-order valence-electron chi connectivity index (χ4n) is 3.59. The molecule has 3 aromatic rings. The van der Waals surface area contributed by atoms with Crippen LogP contribution in [-0.2, 0) is 37.7 Å². The van der Waals surface area contributed by atoms with Gasteiger partial charge in [0.2, 0.25) is 0 Å². The van der Waals surface area contributed by atoms with E-state index in [4.69, 9.17) is 13.7 Å². The van der Waals surface area contributed by atoms with Crippen LogP contribution in [0.2, 0.25) is 0 Å². The first kappa shape index (κ1) is 18.5. The Balaban J connectivity index is 1.34. The van der Waals surface area contributed by atoms with Gasteiger partial charge in [0.1, 0.15) is 11.5 Å². The molecule has 1 N–H and O–H groups in total. The van der Waals surface area contributed by atoms with E-state index in [0.717, 1.165) is 41.3 Å². The average molecular weight is 384 g/mol. The number of aryl methyl sites for hydroxylation is 3. The number of furan rings is 1. The number of carbonyl (C=O) groups excluding carboxylic acids is 1. The number of amides is 1. The maximum Gasteiger partial charge on any atom is 0.287 e. The van der Waals surface area contributed by atoms with Crippen LogP contribution in [0, 0.1) is 13.8 Å². The first-order chi connectivity index (χ1) is 13.5. The summed E-state index contributed by atoms with van der Waals surface area (Å²) in [7, 11) is 1.95. The van der Waals surface area contributed by atoms with Gasteiger partial charge in [0.15, 0.2) is 5.76 Å². The molecule has 148 valence electrons. The van der Waals surface area contributed by atoms with Gasteiger partial charge >= 0.3 is 0 Å². The van der Waals surface area contributed by atoms with E-state index in [-0.39, 0.29) is 5.91 Å². The maximum absolute atomic E-state index is 12.4. The number of carbonyl (C=O) groups is 1. The molecule has 4 heterocycles. The summed E-state index contributed by atoms with van der Waals surface area (Å²) in [6.45, 7) is 5.58. The summed E-state index contributed by atoms with van der Waals surface area (Å²) in [6, 6.07) is 3.51. The summed E-state index contributed by atoms with van der Waals surface area (Å²) in [5, 5.41) is 11.4. The molecular weight excluding hydrogens is 360 g/mol. The van der Waals surface area contributed by atoms with Crippen molar-refractivity contribution in [1.82, 2.24) is 20.3 Å². The minimum absolute atomic E-state index is 0.230. The molecule has 0 radical (unpaired) electrons. The summed E-state index contributed by atoms with van der Waals surface area (Å²) < 4.78 is 18.3. The summed E-state index contributed by atoms with van der Waals surface area (Å²) >= 11 is 0. The fraction of sp³-hybridized carbons (Fsp3) is 0.450. The molecule has 4 rings (SSSR count). The Morgan fingerprint density at radius 2 is 2.18 bits per heavy atom. The van der Waals surface area contributed by atoms with E-state index in [1.165, 1.54) is 5.69 Å². The van der Waals surface area contributed by atoms with Crippen LogP contribution in [0.25, 0.3) is 0 Å². The Morgan fingerprint density at radius 1 is 1.32 bits per heavy atom. The van der Waals surface area contributed by atoms with Crippen molar-refractivity contribution in [2.75, 3.05) is 13.2 Å². The Labute approximate surface area is 162 Å². The molecule has 1 aliphatic heterocycles. The highest BCUT2D eigenvalue weighted by Crippen LogP contribution is 2.21. The molecule has 8 nitrogen and oxygen atoms in total. The lowest BCUT2D eigenvalue weighted by Crippen LogP contribution is -2.25. The van der Waals surface area contributed by atoms with E-state index in [2.05, 4.69) is 15.6 Å². The molecule has 0 saturated heterocycles. The van der Waals surface area contributed by atoms with E-state index < -0.39 is 0 Å². The normalized spacial score (nSPS) is 13.5. The van der Waals surface area contributed by atoms with Crippen LogP contribution in [0.3, 0.4) is 0 Å². The van der Waals surface area contributed by atoms with Gasteiger partial charge in [-0.25, -0.2) is 0 Å². The van der Waals surface area contributed by atoms with Gasteiger partial charge in [-0.3, -0.25) is 9.48 Å². The molecule has 0 atom stereocenters. The van der Waals surface area contributed by atoms with Crippen LogP contribution in [-0.4, -0.2) is 34.0 Å². The first-order valence-electron chi connectivity index (χ1n) is 9.43. The monoisotopic (exact) mass is 384 g/mol. The van der Waals surface area contributed by atoms with Crippen LogP contribution < -0.4 is 5.32 Å². The highest BCUT2D eigenvalue weighted by atomic mass is 16.5. The van der Waals surface area contributed by atoms with Crippen LogP contribution in [0.15, 0.2) is 21.1 Å². The van der Waals surface area contributed by atoms with Gasteiger partial charge in [0.25, 0.3) is 5.91 Å². The Bertz CT molecular complexity index is 979. The van der Waals surface area contributed by atoms with E-state index in [1.54, 1.807) is 6.07 Å². The second-order valence-corrected chi connectivity index (χ2v) is 7.05. The van der Waals surface area contributed by atoms with Crippen molar-refractivity contribution in [3.63, 3.8) is 0 Å². The molecule has 28 heavy (non-hydrogen) atoms. The molecule has 1 amide bonds. The zero-order valence-electron chi connectivity index (χ0n) is 16.4. The smallest absolute Gasteiger partial charge is 0.287 e. The van der Waals surface area contributed by atoms with Crippen molar-refractivity contribution in [3.05, 3.63) is 57.6 Å². The summed E-state index contributed by atoms with van der Waals surface area (Å²) in [4.78, 5) is 12.4. The Morgan fingerprint density at radius 3 is 2.96 bits per heavy atom. The molecule has 0 saturated carbocycles. The number of hydrogen-bond donors (Lipinski definition) is 1. The zero-order valence-corrected chi connectivity index (χ0v) is 16.4. The highest BCUT2D eigenvalue weighted by molar-refractivity contribution is 5.91. The van der Waals surface area contributed by atoms with E-state index in [1.807, 2.05) is 31.6 Å². The van der Waals surface area contributed by atoms with Gasteiger partial charge in [0.05, 0.1) is 24.6 Å². The standard InChI is InChI=1S/C20H24N4O4/c1-12-15(13(2)28-23-12)10-14-4-5-19(27-14)20(25)21-8-6-17-16-11-26-9-7-18(16)24(3)22-17/h4-5H,6-11H2,1-3H3,(H,21,25). The van der Waals surface area contributed by atoms with E-state index in [0.29, 0.717) is 37.5 Å². The van der Waals surface area contributed by atoms with Crippen molar-refractivity contribution in [3.8, 4) is 0 Å². The zero-order chi connectivity index (χ0) is 19.7. The Kier molecular flexibility index (Phi) is 5.04. The third-order valence-electron chi connectivity index (χ3n) is 5.15. The number of aromatic nitrogens is 3. The molecule has 0 fully saturated rings. The lowest BCUT2D eigenvalue weighted by Gasteiger charge is -2.13. The number of hydrogen-bond acceptors (Lipinski definition) is 6. The van der Waals surface area contributed by atoms with Gasteiger partial charge in [-0.2, -0.15) is 5.10 Å². The minimum Gasteiger partial charge on any atom is -0.456 e. The number of fused-ring (bicyclic) bond motifs is 1. The van der Waals surface area contributed by atoms with Crippen LogP contribution >= 0.6 is 0 Å². The quantitative estimate of drug-likeness (QED) is 0.700. The molecule has 0 bridgehead atoms. The summed E-state index contributed by atoms with van der Waals surface area (Å²) in [5.41, 5.74) is 5.19. The van der Waals surface area contributed by atoms with E-state index >= 15 is 0 Å². The minimum atomic E-state index is -0.230. The van der Waals surface area contributed by atoms with Crippen molar-refractivity contribution >= 4 is 5.91 Å². The van der Waals surface area contributed by atoms with Crippen LogP contribution in [0.1, 0.15) is 50.3 Å². The molecule has 0 aliphatic carbocycles. The largest absolute Gasteiger partial charge is 0.456 e. The second kappa shape index (κ2) is 7.63.